The van der Waals surface area contributed by atoms with Crippen LogP contribution in [0.5, 0.6) is 0 Å². The molecule has 1 fully saturated rings. The maximum absolute atomic E-state index is 12.7. The molecular weight excluding hydrogens is 368 g/mol. The molecule has 0 aromatic heterocycles. The molecule has 1 amide bonds. The van der Waals surface area contributed by atoms with Crippen molar-refractivity contribution in [2.75, 3.05) is 29.3 Å². The van der Waals surface area contributed by atoms with Gasteiger partial charge < -0.3 is 4.90 Å². The Hall–Kier alpha value is -1.99. The van der Waals surface area contributed by atoms with Crippen molar-refractivity contribution in [2.45, 2.75) is 18.7 Å². The van der Waals surface area contributed by atoms with E-state index < -0.39 is 10.0 Å². The van der Waals surface area contributed by atoms with Crippen LogP contribution in [-0.2, 0) is 10.0 Å². The maximum Gasteiger partial charge on any atom is 0.262 e. The number of carbonyl (C=O) groups excluding carboxylic acids is 1. The summed E-state index contributed by atoms with van der Waals surface area (Å²) in [7, 11) is -3.71. The summed E-state index contributed by atoms with van der Waals surface area (Å²) in [5.74, 6) is 1.81. The lowest BCUT2D eigenvalue weighted by molar-refractivity contribution is 0.0772. The Labute approximate surface area is 158 Å². The number of sulfonamides is 1. The quantitative estimate of drug-likeness (QED) is 0.870. The van der Waals surface area contributed by atoms with E-state index in [-0.39, 0.29) is 10.8 Å². The van der Waals surface area contributed by atoms with Gasteiger partial charge in [-0.1, -0.05) is 18.2 Å². The third-order valence-electron chi connectivity index (χ3n) is 4.29. The van der Waals surface area contributed by atoms with Gasteiger partial charge in [-0.15, -0.1) is 0 Å². The first kappa shape index (κ1) is 18.8. The number of hydrogen-bond donors (Lipinski definition) is 1. The lowest BCUT2D eigenvalue weighted by atomic mass is 10.2. The monoisotopic (exact) mass is 390 g/mol. The number of nitrogens with zero attached hydrogens (tertiary/aromatic N) is 1. The molecule has 0 atom stereocenters. The molecule has 0 saturated carbocycles. The van der Waals surface area contributed by atoms with E-state index in [1.54, 1.807) is 43.3 Å². The fourth-order valence-corrected chi connectivity index (χ4v) is 5.15. The summed E-state index contributed by atoms with van der Waals surface area (Å²) < 4.78 is 28.1. The number of hydrogen-bond acceptors (Lipinski definition) is 4. The Morgan fingerprint density at radius 3 is 2.54 bits per heavy atom. The minimum Gasteiger partial charge on any atom is -0.337 e. The molecule has 0 unspecified atom stereocenters. The molecule has 0 spiro atoms. The molecular formula is C19H22N2O3S2. The first-order valence-corrected chi connectivity index (χ1v) is 11.1. The third-order valence-corrected chi connectivity index (χ3v) is 6.76. The molecule has 2 aromatic rings. The second kappa shape index (κ2) is 7.72. The number of benzene rings is 2. The SMILES string of the molecule is Cc1ccc(C)c(S(=O)(=O)Nc2cccc(C(=O)N3CCSCC3)c2)c1. The van der Waals surface area contributed by atoms with E-state index in [0.29, 0.717) is 16.8 Å². The van der Waals surface area contributed by atoms with Crippen LogP contribution in [0.2, 0.25) is 0 Å². The predicted molar refractivity (Wildman–Crippen MR) is 106 cm³/mol. The van der Waals surface area contributed by atoms with Gasteiger partial charge in [-0.25, -0.2) is 8.42 Å². The second-order valence-electron chi connectivity index (χ2n) is 6.36. The van der Waals surface area contributed by atoms with Gasteiger partial charge >= 0.3 is 0 Å². The van der Waals surface area contributed by atoms with Gasteiger partial charge in [-0.3, -0.25) is 9.52 Å². The topological polar surface area (TPSA) is 66.5 Å². The molecule has 5 nitrogen and oxygen atoms in total. The fraction of sp³-hybridized carbons (Fsp3) is 0.316. The molecule has 2 aromatic carbocycles. The van der Waals surface area contributed by atoms with E-state index in [0.717, 1.165) is 30.2 Å². The number of carbonyl (C=O) groups is 1. The molecule has 0 bridgehead atoms. The van der Waals surface area contributed by atoms with Gasteiger partial charge in [0.15, 0.2) is 0 Å². The molecule has 3 rings (SSSR count). The fourth-order valence-electron chi connectivity index (χ4n) is 2.87. The first-order chi connectivity index (χ1) is 12.4. The number of anilines is 1. The van der Waals surface area contributed by atoms with Crippen molar-refractivity contribution in [3.63, 3.8) is 0 Å². The summed E-state index contributed by atoms with van der Waals surface area (Å²) in [6.07, 6.45) is 0. The van der Waals surface area contributed by atoms with Crippen LogP contribution < -0.4 is 4.72 Å². The van der Waals surface area contributed by atoms with Crippen molar-refractivity contribution in [1.82, 2.24) is 4.90 Å². The lowest BCUT2D eigenvalue weighted by Crippen LogP contribution is -2.37. The van der Waals surface area contributed by atoms with Crippen LogP contribution in [0, 0.1) is 13.8 Å². The highest BCUT2D eigenvalue weighted by Gasteiger charge is 2.20. The highest BCUT2D eigenvalue weighted by Crippen LogP contribution is 2.22. The Morgan fingerprint density at radius 1 is 1.08 bits per heavy atom. The van der Waals surface area contributed by atoms with E-state index in [9.17, 15) is 13.2 Å². The first-order valence-electron chi connectivity index (χ1n) is 8.44. The van der Waals surface area contributed by atoms with Crippen molar-refractivity contribution in [3.8, 4) is 0 Å². The van der Waals surface area contributed by atoms with Crippen molar-refractivity contribution < 1.29 is 13.2 Å². The predicted octanol–water partition coefficient (Wildman–Crippen LogP) is 3.29. The second-order valence-corrected chi connectivity index (χ2v) is 9.24. The van der Waals surface area contributed by atoms with Crippen LogP contribution in [0.4, 0.5) is 5.69 Å². The summed E-state index contributed by atoms with van der Waals surface area (Å²) in [4.78, 5) is 14.7. The summed E-state index contributed by atoms with van der Waals surface area (Å²) in [6, 6.07) is 12.0. The molecule has 1 saturated heterocycles. The van der Waals surface area contributed by atoms with Gasteiger partial charge in [0.25, 0.3) is 15.9 Å². The normalized spacial score (nSPS) is 14.9. The van der Waals surface area contributed by atoms with Crippen LogP contribution in [0.3, 0.4) is 0 Å². The Bertz CT molecular complexity index is 920. The Balaban J connectivity index is 1.84. The van der Waals surface area contributed by atoms with Crippen LogP contribution in [0.15, 0.2) is 47.4 Å². The molecule has 1 N–H and O–H groups in total. The van der Waals surface area contributed by atoms with Crippen LogP contribution >= 0.6 is 11.8 Å². The minimum absolute atomic E-state index is 0.0573. The van der Waals surface area contributed by atoms with E-state index in [1.807, 2.05) is 29.7 Å². The summed E-state index contributed by atoms with van der Waals surface area (Å²) in [5, 5.41) is 0. The van der Waals surface area contributed by atoms with Gasteiger partial charge in [0.05, 0.1) is 4.90 Å². The zero-order valence-corrected chi connectivity index (χ0v) is 16.5. The van der Waals surface area contributed by atoms with Crippen LogP contribution in [0.25, 0.3) is 0 Å². The highest BCUT2D eigenvalue weighted by molar-refractivity contribution is 7.99. The Morgan fingerprint density at radius 2 is 1.81 bits per heavy atom. The molecule has 0 aliphatic carbocycles. The van der Waals surface area contributed by atoms with Crippen molar-refractivity contribution in [1.29, 1.82) is 0 Å². The number of aryl methyl sites for hydroxylation is 2. The van der Waals surface area contributed by atoms with Gasteiger partial charge in [0, 0.05) is 35.8 Å². The Kier molecular flexibility index (Phi) is 5.58. The van der Waals surface area contributed by atoms with E-state index in [4.69, 9.17) is 0 Å². The zero-order chi connectivity index (χ0) is 18.7. The van der Waals surface area contributed by atoms with E-state index in [2.05, 4.69) is 4.72 Å². The largest absolute Gasteiger partial charge is 0.337 e. The highest BCUT2D eigenvalue weighted by atomic mass is 32.2. The average molecular weight is 391 g/mol. The van der Waals surface area contributed by atoms with Crippen LogP contribution in [-0.4, -0.2) is 43.8 Å². The van der Waals surface area contributed by atoms with E-state index in [1.165, 1.54) is 0 Å². The third kappa shape index (κ3) is 4.22. The van der Waals surface area contributed by atoms with Crippen molar-refractivity contribution in [3.05, 3.63) is 59.2 Å². The lowest BCUT2D eigenvalue weighted by Gasteiger charge is -2.26. The number of rotatable bonds is 4. The minimum atomic E-state index is -3.71. The molecule has 138 valence electrons. The summed E-state index contributed by atoms with van der Waals surface area (Å²) >= 11 is 1.84. The molecule has 1 heterocycles. The number of amides is 1. The van der Waals surface area contributed by atoms with Gasteiger partial charge in [0.2, 0.25) is 0 Å². The molecule has 26 heavy (non-hydrogen) atoms. The van der Waals surface area contributed by atoms with Crippen molar-refractivity contribution >= 4 is 33.4 Å². The zero-order valence-electron chi connectivity index (χ0n) is 14.9. The average Bonchev–Trinajstić information content (AvgIpc) is 2.63. The van der Waals surface area contributed by atoms with Crippen molar-refractivity contribution in [2.24, 2.45) is 0 Å². The molecule has 7 heteroatoms. The van der Waals surface area contributed by atoms with Crippen LogP contribution in [0.1, 0.15) is 21.5 Å². The molecule has 0 radical (unpaired) electrons. The number of thioether (sulfide) groups is 1. The van der Waals surface area contributed by atoms with Gasteiger partial charge in [0.1, 0.15) is 0 Å². The van der Waals surface area contributed by atoms with Gasteiger partial charge in [-0.05, 0) is 49.2 Å². The summed E-state index contributed by atoms with van der Waals surface area (Å²) in [5.41, 5.74) is 2.45. The summed E-state index contributed by atoms with van der Waals surface area (Å²) in [6.45, 7) is 5.07. The van der Waals surface area contributed by atoms with E-state index >= 15 is 0 Å². The molecule has 1 aliphatic heterocycles. The molecule has 1 aliphatic rings. The standard InChI is InChI=1S/C19H22N2O3S2/c1-14-6-7-15(2)18(12-14)26(23,24)20-17-5-3-4-16(13-17)19(22)21-8-10-25-11-9-21/h3-7,12-13,20H,8-11H2,1-2H3. The smallest absolute Gasteiger partial charge is 0.262 e. The van der Waals surface area contributed by atoms with Gasteiger partial charge in [-0.2, -0.15) is 11.8 Å². The number of nitrogens with one attached hydrogen (secondary N) is 1. The maximum atomic E-state index is 12.7.